The summed E-state index contributed by atoms with van der Waals surface area (Å²) >= 11 is 0. The van der Waals surface area contributed by atoms with E-state index in [1.54, 1.807) is 12.1 Å². The maximum atomic E-state index is 14.3. The second-order valence-electron chi connectivity index (χ2n) is 12.8. The highest BCUT2D eigenvalue weighted by Crippen LogP contribution is 2.56. The first-order valence-electron chi connectivity index (χ1n) is 14.6. The summed E-state index contributed by atoms with van der Waals surface area (Å²) in [4.78, 5) is 0. The van der Waals surface area contributed by atoms with Crippen molar-refractivity contribution in [1.29, 1.82) is 0 Å². The molecule has 4 aromatic carbocycles. The van der Waals surface area contributed by atoms with Crippen molar-refractivity contribution in [2.45, 2.75) is 51.9 Å². The van der Waals surface area contributed by atoms with Gasteiger partial charge in [0.1, 0.15) is 0 Å². The van der Waals surface area contributed by atoms with Crippen LogP contribution in [0, 0.1) is 11.3 Å². The number of rotatable bonds is 4. The Bertz CT molecular complexity index is 1750. The SMILES string of the molecule is CC1C=C(C(C)(C)C)C=C1C(c1cccc(C(F)(F)F)c1)(c1cccc(C(F)(F)F)c1)c1cccc2c1Cc1ccccc1-2. The van der Waals surface area contributed by atoms with Crippen molar-refractivity contribution in [3.63, 3.8) is 0 Å². The Hall–Kier alpha value is -4.06. The number of allylic oxidation sites excluding steroid dienone is 4. The van der Waals surface area contributed by atoms with Gasteiger partial charge in [0.25, 0.3) is 0 Å². The second-order valence-corrected chi connectivity index (χ2v) is 12.8. The summed E-state index contributed by atoms with van der Waals surface area (Å²) < 4.78 is 85.7. The predicted molar refractivity (Wildman–Crippen MR) is 162 cm³/mol. The van der Waals surface area contributed by atoms with Gasteiger partial charge >= 0.3 is 12.4 Å². The minimum absolute atomic E-state index is 0.270. The number of fused-ring (bicyclic) bond motifs is 3. The minimum atomic E-state index is -4.64. The zero-order valence-electron chi connectivity index (χ0n) is 24.9. The second kappa shape index (κ2) is 10.3. The maximum absolute atomic E-state index is 14.3. The van der Waals surface area contributed by atoms with Crippen LogP contribution in [0.2, 0.25) is 0 Å². The summed E-state index contributed by atoms with van der Waals surface area (Å²) in [7, 11) is 0. The Balaban J connectivity index is 1.78. The van der Waals surface area contributed by atoms with Gasteiger partial charge in [-0.2, -0.15) is 26.3 Å². The number of hydrogen-bond donors (Lipinski definition) is 0. The topological polar surface area (TPSA) is 0 Å². The Labute approximate surface area is 253 Å². The minimum Gasteiger partial charge on any atom is -0.166 e. The number of alkyl halides is 6. The zero-order valence-corrected chi connectivity index (χ0v) is 24.9. The third-order valence-electron chi connectivity index (χ3n) is 9.03. The van der Waals surface area contributed by atoms with Crippen molar-refractivity contribution in [2.24, 2.45) is 11.3 Å². The average molecular weight is 603 g/mol. The normalized spacial score (nSPS) is 16.8. The highest BCUT2D eigenvalue weighted by atomic mass is 19.4. The summed E-state index contributed by atoms with van der Waals surface area (Å²) in [6, 6.07) is 23.9. The molecule has 4 aromatic rings. The van der Waals surface area contributed by atoms with E-state index in [4.69, 9.17) is 0 Å². The Morgan fingerprint density at radius 1 is 0.614 bits per heavy atom. The molecule has 2 aliphatic rings. The molecule has 0 saturated heterocycles. The summed E-state index contributed by atoms with van der Waals surface area (Å²) in [6.45, 7) is 8.13. The number of benzene rings is 4. The Morgan fingerprint density at radius 3 is 1.68 bits per heavy atom. The molecule has 0 bridgehead atoms. The average Bonchev–Trinajstić information content (AvgIpc) is 3.55. The van der Waals surface area contributed by atoms with Crippen molar-refractivity contribution in [1.82, 2.24) is 0 Å². The lowest BCUT2D eigenvalue weighted by Gasteiger charge is -2.41. The van der Waals surface area contributed by atoms with E-state index in [2.05, 4.69) is 26.8 Å². The molecule has 44 heavy (non-hydrogen) atoms. The number of hydrogen-bond acceptors (Lipinski definition) is 0. The third-order valence-corrected chi connectivity index (χ3v) is 9.03. The molecule has 6 rings (SSSR count). The van der Waals surface area contributed by atoms with Crippen LogP contribution < -0.4 is 0 Å². The van der Waals surface area contributed by atoms with Gasteiger partial charge < -0.3 is 0 Å². The molecule has 0 nitrogen and oxygen atoms in total. The fourth-order valence-electron chi connectivity index (χ4n) is 6.96. The van der Waals surface area contributed by atoms with Crippen LogP contribution in [0.3, 0.4) is 0 Å². The molecule has 0 radical (unpaired) electrons. The predicted octanol–water partition coefficient (Wildman–Crippen LogP) is 11.2. The van der Waals surface area contributed by atoms with Gasteiger partial charge in [0.15, 0.2) is 0 Å². The highest BCUT2D eigenvalue weighted by molar-refractivity contribution is 5.80. The van der Waals surface area contributed by atoms with Crippen LogP contribution >= 0.6 is 0 Å². The molecule has 1 atom stereocenters. The van der Waals surface area contributed by atoms with Crippen LogP contribution in [-0.2, 0) is 24.2 Å². The van der Waals surface area contributed by atoms with Gasteiger partial charge in [-0.3, -0.25) is 0 Å². The Kier molecular flexibility index (Phi) is 6.99. The fourth-order valence-corrected chi connectivity index (χ4v) is 6.96. The van der Waals surface area contributed by atoms with Crippen LogP contribution in [-0.4, -0.2) is 0 Å². The van der Waals surface area contributed by atoms with Crippen molar-refractivity contribution in [2.75, 3.05) is 0 Å². The van der Waals surface area contributed by atoms with Gasteiger partial charge in [-0.1, -0.05) is 119 Å². The van der Waals surface area contributed by atoms with E-state index >= 15 is 0 Å². The van der Waals surface area contributed by atoms with E-state index in [1.165, 1.54) is 12.1 Å². The first-order valence-corrected chi connectivity index (χ1v) is 14.6. The van der Waals surface area contributed by atoms with Crippen molar-refractivity contribution in [3.05, 3.63) is 153 Å². The van der Waals surface area contributed by atoms with E-state index in [9.17, 15) is 26.3 Å². The van der Waals surface area contributed by atoms with Crippen molar-refractivity contribution < 1.29 is 26.3 Å². The third kappa shape index (κ3) is 4.89. The first kappa shape index (κ1) is 30.0. The molecule has 6 heteroatoms. The monoisotopic (exact) mass is 602 g/mol. The van der Waals surface area contributed by atoms with Gasteiger partial charge in [0.05, 0.1) is 16.5 Å². The molecule has 0 aliphatic heterocycles. The summed E-state index contributed by atoms with van der Waals surface area (Å²) in [5.74, 6) is -0.270. The fraction of sp³-hybridized carbons (Fsp3) is 0.263. The van der Waals surface area contributed by atoms with Crippen LogP contribution in [0.15, 0.2) is 114 Å². The van der Waals surface area contributed by atoms with E-state index < -0.39 is 28.9 Å². The molecule has 1 unspecified atom stereocenters. The summed E-state index contributed by atoms with van der Waals surface area (Å²) in [5, 5.41) is 0. The van der Waals surface area contributed by atoms with Gasteiger partial charge in [0.2, 0.25) is 0 Å². The summed E-state index contributed by atoms with van der Waals surface area (Å²) in [5.41, 5.74) is 3.45. The van der Waals surface area contributed by atoms with Crippen LogP contribution in [0.25, 0.3) is 11.1 Å². The quantitative estimate of drug-likeness (QED) is 0.142. The molecule has 0 fully saturated rings. The van der Waals surface area contributed by atoms with Crippen molar-refractivity contribution >= 4 is 0 Å². The number of halogens is 6. The standard InChI is InChI=1S/C38H32F6/c1-23-18-29(35(2,3)4)22-34(23)36(25-11-7-13-27(20-25)37(39,40)41,26-12-8-14-28(21-26)38(42,43)44)33-17-9-16-31-30-15-6-5-10-24(30)19-32(31)33/h5-18,20-23H,19H2,1-4H3. The lowest BCUT2D eigenvalue weighted by Crippen LogP contribution is -2.35. The lowest BCUT2D eigenvalue weighted by molar-refractivity contribution is -0.138. The van der Waals surface area contributed by atoms with Gasteiger partial charge in [-0.15, -0.1) is 0 Å². The van der Waals surface area contributed by atoms with Crippen LogP contribution in [0.5, 0.6) is 0 Å². The molecule has 0 amide bonds. The molecule has 0 N–H and O–H groups in total. The first-order chi connectivity index (χ1) is 20.6. The van der Waals surface area contributed by atoms with Crippen molar-refractivity contribution in [3.8, 4) is 11.1 Å². The molecule has 226 valence electrons. The van der Waals surface area contributed by atoms with Gasteiger partial charge in [-0.25, -0.2) is 0 Å². The smallest absolute Gasteiger partial charge is 0.166 e. The van der Waals surface area contributed by atoms with E-state index in [0.29, 0.717) is 12.0 Å². The van der Waals surface area contributed by atoms with E-state index in [0.717, 1.165) is 57.7 Å². The lowest BCUT2D eigenvalue weighted by atomic mass is 9.61. The van der Waals surface area contributed by atoms with E-state index in [1.807, 2.05) is 55.5 Å². The zero-order chi connectivity index (χ0) is 31.7. The molecule has 0 saturated carbocycles. The highest BCUT2D eigenvalue weighted by Gasteiger charge is 2.47. The van der Waals surface area contributed by atoms with Crippen LogP contribution in [0.1, 0.15) is 66.6 Å². The summed E-state index contributed by atoms with van der Waals surface area (Å²) in [6.07, 6.45) is -4.68. The molecular weight excluding hydrogens is 570 g/mol. The molecule has 2 aliphatic carbocycles. The van der Waals surface area contributed by atoms with Gasteiger partial charge in [0, 0.05) is 0 Å². The van der Waals surface area contributed by atoms with E-state index in [-0.39, 0.29) is 22.5 Å². The largest absolute Gasteiger partial charge is 0.416 e. The maximum Gasteiger partial charge on any atom is 0.416 e. The van der Waals surface area contributed by atoms with Crippen LogP contribution in [0.4, 0.5) is 26.3 Å². The molecular formula is C38H32F6. The molecule has 0 aromatic heterocycles. The molecule has 0 heterocycles. The molecule has 0 spiro atoms. The Morgan fingerprint density at radius 2 is 1.14 bits per heavy atom. The van der Waals surface area contributed by atoms with Gasteiger partial charge in [-0.05, 0) is 80.0 Å².